The fourth-order valence-corrected chi connectivity index (χ4v) is 5.71. The van der Waals surface area contributed by atoms with Gasteiger partial charge in [-0.1, -0.05) is 30.4 Å². The smallest absolute Gasteiger partial charge is 0.203 e. The first-order chi connectivity index (χ1) is 21.6. The number of ether oxygens (including phenoxy) is 6. The molecule has 44 heavy (non-hydrogen) atoms. The van der Waals surface area contributed by atoms with Crippen molar-refractivity contribution in [3.63, 3.8) is 0 Å². The molecule has 0 N–H and O–H groups in total. The summed E-state index contributed by atoms with van der Waals surface area (Å²) in [4.78, 5) is 4.74. The molecule has 0 saturated carbocycles. The molecule has 4 aromatic carbocycles. The van der Waals surface area contributed by atoms with Crippen molar-refractivity contribution < 1.29 is 28.4 Å². The second-order valence-corrected chi connectivity index (χ2v) is 11.0. The second-order valence-electron chi connectivity index (χ2n) is 9.97. The van der Waals surface area contributed by atoms with Crippen LogP contribution in [0.3, 0.4) is 0 Å². The first kappa shape index (κ1) is 30.8. The molecule has 0 spiro atoms. The molecule has 5 rings (SSSR count). The Morgan fingerprint density at radius 3 is 1.95 bits per heavy atom. The molecule has 1 aromatic heterocycles. The predicted octanol–water partition coefficient (Wildman–Crippen LogP) is 8.80. The summed E-state index contributed by atoms with van der Waals surface area (Å²) >= 11 is 1.70. The van der Waals surface area contributed by atoms with Gasteiger partial charge in [0.05, 0.1) is 51.9 Å². The van der Waals surface area contributed by atoms with Crippen molar-refractivity contribution in [1.29, 1.82) is 0 Å². The van der Waals surface area contributed by atoms with Gasteiger partial charge in [-0.15, -0.1) is 11.3 Å². The van der Waals surface area contributed by atoms with E-state index in [0.29, 0.717) is 42.0 Å². The number of hydrogen-bond acceptors (Lipinski definition) is 8. The summed E-state index contributed by atoms with van der Waals surface area (Å²) in [6.07, 6.45) is 6.85. The predicted molar refractivity (Wildman–Crippen MR) is 178 cm³/mol. The number of unbranched alkanes of at least 4 members (excludes halogenated alkanes) is 2. The summed E-state index contributed by atoms with van der Waals surface area (Å²) in [6.45, 7) is 1.25. The fraction of sp³-hybridized carbons (Fsp3) is 0.250. The largest absolute Gasteiger partial charge is 0.494 e. The lowest BCUT2D eigenvalue weighted by atomic mass is 10.1. The first-order valence-corrected chi connectivity index (χ1v) is 15.3. The standard InChI is InChI=1S/C36H37NO6S/c1-38-30-19-14-25(12-13-26-23-32(39-2)35(41-4)33(24-26)40-3)22-31(30)43-21-9-5-8-20-42-28-17-15-27(16-18-28)36-37-29-10-6-7-11-34(29)44-36/h6-7,10-19,22-24H,5,8-9,20-21H2,1-4H3. The van der Waals surface area contributed by atoms with E-state index in [1.165, 1.54) is 4.70 Å². The number of thiazole rings is 1. The molecule has 0 bridgehead atoms. The summed E-state index contributed by atoms with van der Waals surface area (Å²) in [5, 5.41) is 1.02. The van der Waals surface area contributed by atoms with Gasteiger partial charge in [-0.25, -0.2) is 4.98 Å². The van der Waals surface area contributed by atoms with Gasteiger partial charge in [0.1, 0.15) is 10.8 Å². The second kappa shape index (κ2) is 15.2. The number of aromatic nitrogens is 1. The van der Waals surface area contributed by atoms with Gasteiger partial charge in [0, 0.05) is 5.56 Å². The molecule has 0 aliphatic heterocycles. The molecule has 5 aromatic rings. The normalized spacial score (nSPS) is 11.1. The van der Waals surface area contributed by atoms with Gasteiger partial charge < -0.3 is 28.4 Å². The Hall–Kier alpha value is -4.69. The van der Waals surface area contributed by atoms with Crippen LogP contribution < -0.4 is 28.4 Å². The zero-order valence-electron chi connectivity index (χ0n) is 25.5. The van der Waals surface area contributed by atoms with Crippen LogP contribution in [0.25, 0.3) is 32.9 Å². The minimum absolute atomic E-state index is 0.564. The highest BCUT2D eigenvalue weighted by Crippen LogP contribution is 2.39. The van der Waals surface area contributed by atoms with Gasteiger partial charge >= 0.3 is 0 Å². The minimum Gasteiger partial charge on any atom is -0.494 e. The van der Waals surface area contributed by atoms with E-state index >= 15 is 0 Å². The number of hydrogen-bond donors (Lipinski definition) is 0. The Labute approximate surface area is 262 Å². The van der Waals surface area contributed by atoms with Crippen molar-refractivity contribution in [3.8, 4) is 45.1 Å². The average Bonchev–Trinajstić information content (AvgIpc) is 3.51. The highest BCUT2D eigenvalue weighted by Gasteiger charge is 2.12. The first-order valence-electron chi connectivity index (χ1n) is 14.5. The van der Waals surface area contributed by atoms with Gasteiger partial charge in [-0.3, -0.25) is 0 Å². The maximum absolute atomic E-state index is 6.10. The number of nitrogens with zero attached hydrogens (tertiary/aromatic N) is 1. The molecule has 0 unspecified atom stereocenters. The minimum atomic E-state index is 0.564. The van der Waals surface area contributed by atoms with Crippen molar-refractivity contribution in [2.75, 3.05) is 41.7 Å². The topological polar surface area (TPSA) is 68.3 Å². The van der Waals surface area contributed by atoms with Gasteiger partial charge in [0.25, 0.3) is 0 Å². The SMILES string of the molecule is COc1ccc(C=Cc2cc(OC)c(OC)c(OC)c2)cc1OCCCCCOc1ccc(-c2nc3ccccc3s2)cc1. The Morgan fingerprint density at radius 1 is 0.614 bits per heavy atom. The third kappa shape index (κ3) is 7.63. The van der Waals surface area contributed by atoms with Gasteiger partial charge in [-0.05, 0) is 91.1 Å². The van der Waals surface area contributed by atoms with Crippen LogP contribution in [0, 0.1) is 0 Å². The molecule has 0 atom stereocenters. The van der Waals surface area contributed by atoms with Crippen LogP contribution in [0.15, 0.2) is 78.9 Å². The molecule has 7 nitrogen and oxygen atoms in total. The van der Waals surface area contributed by atoms with Crippen LogP contribution in [0.1, 0.15) is 30.4 Å². The summed E-state index contributed by atoms with van der Waals surface area (Å²) in [7, 11) is 6.45. The monoisotopic (exact) mass is 611 g/mol. The molecule has 0 fully saturated rings. The molecular formula is C36H37NO6S. The van der Waals surface area contributed by atoms with E-state index < -0.39 is 0 Å². The third-order valence-electron chi connectivity index (χ3n) is 7.05. The van der Waals surface area contributed by atoms with Crippen LogP contribution in [-0.4, -0.2) is 46.6 Å². The molecule has 0 amide bonds. The van der Waals surface area contributed by atoms with Crippen molar-refractivity contribution in [1.82, 2.24) is 4.98 Å². The molecule has 8 heteroatoms. The molecular weight excluding hydrogens is 574 g/mol. The number of fused-ring (bicyclic) bond motifs is 1. The third-order valence-corrected chi connectivity index (χ3v) is 8.14. The van der Waals surface area contributed by atoms with Crippen molar-refractivity contribution in [3.05, 3.63) is 90.0 Å². The highest BCUT2D eigenvalue weighted by molar-refractivity contribution is 7.21. The van der Waals surface area contributed by atoms with Crippen molar-refractivity contribution in [2.24, 2.45) is 0 Å². The zero-order valence-corrected chi connectivity index (χ0v) is 26.3. The Kier molecular flexibility index (Phi) is 10.6. The molecule has 0 saturated heterocycles. The Balaban J connectivity index is 1.08. The quantitative estimate of drug-likeness (QED) is 0.0866. The zero-order chi connectivity index (χ0) is 30.7. The maximum atomic E-state index is 6.10. The summed E-state index contributed by atoms with van der Waals surface area (Å²) in [6, 6.07) is 26.1. The Bertz CT molecular complexity index is 1640. The van der Waals surface area contributed by atoms with Gasteiger partial charge in [0.15, 0.2) is 23.0 Å². The van der Waals surface area contributed by atoms with Gasteiger partial charge in [0.2, 0.25) is 5.75 Å². The van der Waals surface area contributed by atoms with Crippen LogP contribution in [0.5, 0.6) is 34.5 Å². The molecule has 0 aliphatic carbocycles. The van der Waals surface area contributed by atoms with Gasteiger partial charge in [-0.2, -0.15) is 0 Å². The number of rotatable bonds is 15. The summed E-state index contributed by atoms with van der Waals surface area (Å²) < 4.78 is 35.1. The van der Waals surface area contributed by atoms with E-state index in [-0.39, 0.29) is 0 Å². The molecule has 1 heterocycles. The van der Waals surface area contributed by atoms with E-state index in [1.54, 1.807) is 39.8 Å². The molecule has 0 radical (unpaired) electrons. The van der Waals surface area contributed by atoms with E-state index in [0.717, 1.165) is 52.2 Å². The van der Waals surface area contributed by atoms with E-state index in [4.69, 9.17) is 33.4 Å². The lowest BCUT2D eigenvalue weighted by Crippen LogP contribution is -2.02. The van der Waals surface area contributed by atoms with Crippen LogP contribution in [-0.2, 0) is 0 Å². The summed E-state index contributed by atoms with van der Waals surface area (Å²) in [5.41, 5.74) is 4.04. The lowest BCUT2D eigenvalue weighted by Gasteiger charge is -2.13. The highest BCUT2D eigenvalue weighted by atomic mass is 32.1. The van der Waals surface area contributed by atoms with E-state index in [1.807, 2.05) is 72.8 Å². The van der Waals surface area contributed by atoms with E-state index in [2.05, 4.69) is 18.2 Å². The molecule has 228 valence electrons. The van der Waals surface area contributed by atoms with E-state index in [9.17, 15) is 0 Å². The van der Waals surface area contributed by atoms with Crippen LogP contribution in [0.4, 0.5) is 0 Å². The van der Waals surface area contributed by atoms with Crippen LogP contribution >= 0.6 is 11.3 Å². The maximum Gasteiger partial charge on any atom is 0.203 e. The van der Waals surface area contributed by atoms with Crippen LogP contribution in [0.2, 0.25) is 0 Å². The number of methoxy groups -OCH3 is 4. The summed E-state index contributed by atoms with van der Waals surface area (Å²) in [5.74, 6) is 4.06. The van der Waals surface area contributed by atoms with Crippen molar-refractivity contribution >= 4 is 33.7 Å². The Morgan fingerprint density at radius 2 is 1.27 bits per heavy atom. The van der Waals surface area contributed by atoms with Crippen molar-refractivity contribution in [2.45, 2.75) is 19.3 Å². The average molecular weight is 612 g/mol. The lowest BCUT2D eigenvalue weighted by molar-refractivity contribution is 0.270. The molecule has 0 aliphatic rings. The number of para-hydroxylation sites is 1. The fourth-order valence-electron chi connectivity index (χ4n) is 4.74. The number of benzene rings is 4.